The zero-order chi connectivity index (χ0) is 12.8. The average Bonchev–Trinajstić information content (AvgIpc) is 2.65. The van der Waals surface area contributed by atoms with Crippen LogP contribution in [0.3, 0.4) is 0 Å². The molecule has 17 heavy (non-hydrogen) atoms. The van der Waals surface area contributed by atoms with Crippen LogP contribution in [0.1, 0.15) is 45.5 Å². The normalized spacial score (nSPS) is 13.3. The Kier molecular flexibility index (Phi) is 5.69. The largest absolute Gasteiger partial charge is 0.314 e. The third-order valence-electron chi connectivity index (χ3n) is 3.37. The van der Waals surface area contributed by atoms with E-state index in [1.54, 1.807) is 0 Å². The molecule has 0 aliphatic rings. The SMILES string of the molecule is CCNC(CCc1cc(CC)nn1C)C(C)C. The summed E-state index contributed by atoms with van der Waals surface area (Å²) in [6, 6.07) is 2.85. The van der Waals surface area contributed by atoms with Gasteiger partial charge < -0.3 is 5.32 Å². The van der Waals surface area contributed by atoms with Gasteiger partial charge in [-0.2, -0.15) is 5.10 Å². The molecule has 0 radical (unpaired) electrons. The Labute approximate surface area is 106 Å². The maximum Gasteiger partial charge on any atom is 0.0624 e. The molecule has 0 aliphatic heterocycles. The summed E-state index contributed by atoms with van der Waals surface area (Å²) in [7, 11) is 2.05. The monoisotopic (exact) mass is 237 g/mol. The van der Waals surface area contributed by atoms with Gasteiger partial charge in [0.15, 0.2) is 0 Å². The molecular weight excluding hydrogens is 210 g/mol. The van der Waals surface area contributed by atoms with Crippen molar-refractivity contribution in [1.29, 1.82) is 0 Å². The molecule has 1 unspecified atom stereocenters. The first-order valence-electron chi connectivity index (χ1n) is 6.83. The van der Waals surface area contributed by atoms with Crippen LogP contribution < -0.4 is 5.32 Å². The molecule has 3 heteroatoms. The average molecular weight is 237 g/mol. The topological polar surface area (TPSA) is 29.9 Å². The van der Waals surface area contributed by atoms with Crippen molar-refractivity contribution in [3.63, 3.8) is 0 Å². The Morgan fingerprint density at radius 3 is 2.53 bits per heavy atom. The van der Waals surface area contributed by atoms with E-state index in [0.29, 0.717) is 12.0 Å². The van der Waals surface area contributed by atoms with Crippen LogP contribution in [0.15, 0.2) is 6.07 Å². The molecule has 0 spiro atoms. The van der Waals surface area contributed by atoms with Crippen LogP contribution >= 0.6 is 0 Å². The van der Waals surface area contributed by atoms with Crippen molar-refractivity contribution in [2.75, 3.05) is 6.54 Å². The van der Waals surface area contributed by atoms with E-state index in [-0.39, 0.29) is 0 Å². The summed E-state index contributed by atoms with van der Waals surface area (Å²) in [4.78, 5) is 0. The third-order valence-corrected chi connectivity index (χ3v) is 3.37. The third kappa shape index (κ3) is 4.15. The molecule has 1 aromatic rings. The zero-order valence-electron chi connectivity index (χ0n) is 12.0. The Morgan fingerprint density at radius 1 is 1.35 bits per heavy atom. The molecule has 0 fully saturated rings. The van der Waals surface area contributed by atoms with Gasteiger partial charge in [0.2, 0.25) is 0 Å². The summed E-state index contributed by atoms with van der Waals surface area (Å²) in [6.45, 7) is 9.95. The minimum Gasteiger partial charge on any atom is -0.314 e. The number of rotatable bonds is 7. The van der Waals surface area contributed by atoms with E-state index in [0.717, 1.165) is 19.4 Å². The van der Waals surface area contributed by atoms with E-state index in [1.807, 2.05) is 11.7 Å². The van der Waals surface area contributed by atoms with Crippen LogP contribution in [0, 0.1) is 5.92 Å². The lowest BCUT2D eigenvalue weighted by molar-refractivity contribution is 0.382. The van der Waals surface area contributed by atoms with Crippen molar-refractivity contribution in [1.82, 2.24) is 15.1 Å². The molecule has 1 rings (SSSR count). The maximum absolute atomic E-state index is 4.49. The summed E-state index contributed by atoms with van der Waals surface area (Å²) in [5.41, 5.74) is 2.55. The predicted octanol–water partition coefficient (Wildman–Crippen LogP) is 2.55. The van der Waals surface area contributed by atoms with E-state index < -0.39 is 0 Å². The van der Waals surface area contributed by atoms with Gasteiger partial charge in [-0.3, -0.25) is 4.68 Å². The van der Waals surface area contributed by atoms with Crippen molar-refractivity contribution >= 4 is 0 Å². The summed E-state index contributed by atoms with van der Waals surface area (Å²) in [6.07, 6.45) is 3.32. The summed E-state index contributed by atoms with van der Waals surface area (Å²) in [5.74, 6) is 0.689. The highest BCUT2D eigenvalue weighted by Crippen LogP contribution is 2.12. The molecule has 0 bridgehead atoms. The van der Waals surface area contributed by atoms with Gasteiger partial charge in [-0.1, -0.05) is 27.7 Å². The molecule has 1 aromatic heterocycles. The minimum atomic E-state index is 0.611. The first-order chi connectivity index (χ1) is 8.08. The summed E-state index contributed by atoms with van der Waals surface area (Å²) < 4.78 is 2.03. The van der Waals surface area contributed by atoms with Gasteiger partial charge in [0.1, 0.15) is 0 Å². The van der Waals surface area contributed by atoms with Crippen LogP contribution in [0.2, 0.25) is 0 Å². The highest BCUT2D eigenvalue weighted by Gasteiger charge is 2.13. The molecule has 98 valence electrons. The first-order valence-corrected chi connectivity index (χ1v) is 6.83. The van der Waals surface area contributed by atoms with E-state index in [9.17, 15) is 0 Å². The van der Waals surface area contributed by atoms with Crippen molar-refractivity contribution in [3.05, 3.63) is 17.5 Å². The standard InChI is InChI=1S/C14H27N3/c1-6-12-10-13(17(5)16-12)8-9-14(11(3)4)15-7-2/h10-11,14-15H,6-9H2,1-5H3. The molecule has 0 saturated heterocycles. The van der Waals surface area contributed by atoms with E-state index in [4.69, 9.17) is 0 Å². The van der Waals surface area contributed by atoms with E-state index >= 15 is 0 Å². The number of nitrogens with one attached hydrogen (secondary N) is 1. The zero-order valence-corrected chi connectivity index (χ0v) is 12.0. The Balaban J connectivity index is 2.55. The molecule has 0 saturated carbocycles. The van der Waals surface area contributed by atoms with Crippen molar-refractivity contribution in [2.24, 2.45) is 13.0 Å². The number of aromatic nitrogens is 2. The lowest BCUT2D eigenvalue weighted by atomic mass is 9.98. The van der Waals surface area contributed by atoms with Gasteiger partial charge in [-0.15, -0.1) is 0 Å². The first kappa shape index (κ1) is 14.2. The molecule has 0 aliphatic carbocycles. The number of aryl methyl sites for hydroxylation is 3. The van der Waals surface area contributed by atoms with Crippen molar-refractivity contribution in [2.45, 2.75) is 53.0 Å². The van der Waals surface area contributed by atoms with Gasteiger partial charge in [-0.05, 0) is 37.8 Å². The fourth-order valence-electron chi connectivity index (χ4n) is 2.21. The predicted molar refractivity (Wildman–Crippen MR) is 73.2 cm³/mol. The smallest absolute Gasteiger partial charge is 0.0624 e. The Morgan fingerprint density at radius 2 is 2.06 bits per heavy atom. The van der Waals surface area contributed by atoms with Crippen LogP contribution in [-0.2, 0) is 19.9 Å². The van der Waals surface area contributed by atoms with E-state index in [2.05, 4.69) is 44.2 Å². The van der Waals surface area contributed by atoms with Gasteiger partial charge >= 0.3 is 0 Å². The van der Waals surface area contributed by atoms with E-state index in [1.165, 1.54) is 17.8 Å². The lowest BCUT2D eigenvalue weighted by Crippen LogP contribution is -2.34. The molecular formula is C14H27N3. The molecule has 1 N–H and O–H groups in total. The maximum atomic E-state index is 4.49. The molecule has 0 amide bonds. The van der Waals surface area contributed by atoms with Crippen LogP contribution in [0.4, 0.5) is 0 Å². The van der Waals surface area contributed by atoms with Gasteiger partial charge in [0, 0.05) is 18.8 Å². The second-order valence-electron chi connectivity index (χ2n) is 5.05. The van der Waals surface area contributed by atoms with Crippen LogP contribution in [0.5, 0.6) is 0 Å². The second-order valence-corrected chi connectivity index (χ2v) is 5.05. The van der Waals surface area contributed by atoms with Crippen molar-refractivity contribution in [3.8, 4) is 0 Å². The Bertz CT molecular complexity index is 328. The minimum absolute atomic E-state index is 0.611. The number of hydrogen-bond donors (Lipinski definition) is 1. The molecule has 1 heterocycles. The Hall–Kier alpha value is -0.830. The second kappa shape index (κ2) is 6.80. The van der Waals surface area contributed by atoms with Gasteiger partial charge in [-0.25, -0.2) is 0 Å². The molecule has 3 nitrogen and oxygen atoms in total. The van der Waals surface area contributed by atoms with Crippen LogP contribution in [0.25, 0.3) is 0 Å². The number of hydrogen-bond acceptors (Lipinski definition) is 2. The molecule has 0 aromatic carbocycles. The van der Waals surface area contributed by atoms with Crippen LogP contribution in [-0.4, -0.2) is 22.4 Å². The quantitative estimate of drug-likeness (QED) is 0.790. The molecule has 1 atom stereocenters. The fourth-order valence-corrected chi connectivity index (χ4v) is 2.21. The highest BCUT2D eigenvalue weighted by molar-refractivity contribution is 5.10. The fraction of sp³-hybridized carbons (Fsp3) is 0.786. The number of nitrogens with zero attached hydrogens (tertiary/aromatic N) is 2. The summed E-state index contributed by atoms with van der Waals surface area (Å²) in [5, 5.41) is 8.06. The lowest BCUT2D eigenvalue weighted by Gasteiger charge is -2.21. The van der Waals surface area contributed by atoms with Gasteiger partial charge in [0.05, 0.1) is 5.69 Å². The summed E-state index contributed by atoms with van der Waals surface area (Å²) >= 11 is 0. The van der Waals surface area contributed by atoms with Gasteiger partial charge in [0.25, 0.3) is 0 Å². The highest BCUT2D eigenvalue weighted by atomic mass is 15.3. The van der Waals surface area contributed by atoms with Crippen molar-refractivity contribution < 1.29 is 0 Å².